The Morgan fingerprint density at radius 3 is 2.30 bits per heavy atom. The lowest BCUT2D eigenvalue weighted by Gasteiger charge is -2.37. The van der Waals surface area contributed by atoms with Crippen LogP contribution < -0.4 is 22.5 Å². The number of nitrogens with two attached hydrogens (primary N) is 2. The normalized spacial score (nSPS) is 19.4. The van der Waals surface area contributed by atoms with Crippen LogP contribution in [0.1, 0.15) is 51.5 Å². The number of halogens is 1. The van der Waals surface area contributed by atoms with Crippen molar-refractivity contribution in [3.63, 3.8) is 0 Å². The quantitative estimate of drug-likeness (QED) is 0.479. The molecule has 2 fully saturated rings. The van der Waals surface area contributed by atoms with Crippen LogP contribution in [0.4, 0.5) is 10.6 Å². The molecule has 12 heteroatoms. The molecule has 220 valence electrons. The monoisotopic (exact) mass is 574 g/mol. The van der Waals surface area contributed by atoms with E-state index in [0.29, 0.717) is 43.8 Å². The lowest BCUT2D eigenvalue weighted by molar-refractivity contribution is -0.137. The van der Waals surface area contributed by atoms with Gasteiger partial charge in [0, 0.05) is 45.0 Å². The topological polar surface area (TPSA) is 143 Å². The molecular formula is C28H43ClN8O3. The number of nitrogens with zero attached hydrogens (tertiary/aromatic N) is 5. The first-order valence-corrected chi connectivity index (χ1v) is 13.8. The predicted molar refractivity (Wildman–Crippen MR) is 159 cm³/mol. The summed E-state index contributed by atoms with van der Waals surface area (Å²) in [5.41, 5.74) is 12.5. The lowest BCUT2D eigenvalue weighted by Crippen LogP contribution is -2.58. The Hall–Kier alpha value is -2.99. The highest BCUT2D eigenvalue weighted by atomic mass is 35.5. The summed E-state index contributed by atoms with van der Waals surface area (Å²) in [6.45, 7) is 10.2. The summed E-state index contributed by atoms with van der Waals surface area (Å²) in [6.07, 6.45) is 4.90. The second-order valence-electron chi connectivity index (χ2n) is 11.4. The van der Waals surface area contributed by atoms with Gasteiger partial charge in [-0.15, -0.1) is 12.4 Å². The number of benzene rings is 1. The molecule has 0 aliphatic carbocycles. The number of aromatic nitrogens is 2. The number of amides is 3. The summed E-state index contributed by atoms with van der Waals surface area (Å²) < 4.78 is 1.46. The molecule has 2 unspecified atom stereocenters. The second-order valence-corrected chi connectivity index (χ2v) is 11.4. The smallest absolute Gasteiger partial charge is 0.338 e. The molecule has 2 aliphatic heterocycles. The number of anilines is 1. The molecule has 1 aromatic carbocycles. The van der Waals surface area contributed by atoms with E-state index in [2.05, 4.69) is 34.3 Å². The number of hydrogen-bond acceptors (Lipinski definition) is 7. The third-order valence-electron chi connectivity index (χ3n) is 7.58. The maximum absolute atomic E-state index is 12.8. The number of carbonyl (C=O) groups is 2. The zero-order chi connectivity index (χ0) is 28.2. The third-order valence-corrected chi connectivity index (χ3v) is 7.58. The molecule has 2 saturated heterocycles. The van der Waals surface area contributed by atoms with Gasteiger partial charge in [-0.25, -0.2) is 9.59 Å². The van der Waals surface area contributed by atoms with Crippen molar-refractivity contribution >= 4 is 30.2 Å². The van der Waals surface area contributed by atoms with Gasteiger partial charge >= 0.3 is 11.7 Å². The molecule has 2 atom stereocenters. The molecule has 40 heavy (non-hydrogen) atoms. The fourth-order valence-corrected chi connectivity index (χ4v) is 5.20. The van der Waals surface area contributed by atoms with Crippen molar-refractivity contribution in [2.75, 3.05) is 51.1 Å². The molecule has 0 spiro atoms. The molecule has 0 saturated carbocycles. The van der Waals surface area contributed by atoms with E-state index < -0.39 is 11.2 Å². The van der Waals surface area contributed by atoms with E-state index in [9.17, 15) is 14.4 Å². The van der Waals surface area contributed by atoms with Crippen LogP contribution in [0.15, 0.2) is 41.3 Å². The Kier molecular flexibility index (Phi) is 10.7. The number of urea groups is 1. The Morgan fingerprint density at radius 2 is 1.68 bits per heavy atom. The Labute approximate surface area is 242 Å². The number of nitrogens with one attached hydrogen (secondary N) is 1. The van der Waals surface area contributed by atoms with Crippen LogP contribution in [-0.4, -0.2) is 93.6 Å². The first-order valence-electron chi connectivity index (χ1n) is 13.8. The standard InChI is InChI=1S/C28H42N8O3.ClH/c1-20(19-33-12-4-5-22(29)10-13-33)21-6-8-23(9-7-21)36-14-11-24(32-27(36)39)31-26(38)35-17-15-34(16-18-35)25(37)28(2,3)30;/h6-9,11,14,20,22H,4-5,10,12-13,15-19,29-30H2,1-3H3,(H,31,32,38,39);1H. The summed E-state index contributed by atoms with van der Waals surface area (Å²) >= 11 is 0. The minimum Gasteiger partial charge on any atom is -0.338 e. The first kappa shape index (κ1) is 31.5. The first-order chi connectivity index (χ1) is 18.5. The molecule has 11 nitrogen and oxygen atoms in total. The van der Waals surface area contributed by atoms with E-state index in [1.165, 1.54) is 10.1 Å². The molecular weight excluding hydrogens is 532 g/mol. The Balaban J connectivity index is 0.00000441. The van der Waals surface area contributed by atoms with Gasteiger partial charge in [-0.05, 0) is 75.9 Å². The van der Waals surface area contributed by atoms with Gasteiger partial charge < -0.3 is 26.2 Å². The van der Waals surface area contributed by atoms with Crippen LogP contribution in [-0.2, 0) is 4.79 Å². The molecule has 0 bridgehead atoms. The van der Waals surface area contributed by atoms with Crippen molar-refractivity contribution < 1.29 is 9.59 Å². The van der Waals surface area contributed by atoms with Crippen LogP contribution >= 0.6 is 12.4 Å². The molecule has 1 aromatic heterocycles. The van der Waals surface area contributed by atoms with Crippen LogP contribution in [0.5, 0.6) is 0 Å². The average Bonchev–Trinajstić information content (AvgIpc) is 3.11. The third kappa shape index (κ3) is 8.03. The molecule has 0 radical (unpaired) electrons. The second kappa shape index (κ2) is 13.6. The van der Waals surface area contributed by atoms with E-state index in [1.807, 2.05) is 12.1 Å². The SMILES string of the molecule is CC(CN1CCCC(N)CC1)c1ccc(-n2ccc(NC(=O)N3CCN(C(=O)C(C)(C)N)CC3)nc2=O)cc1.Cl. The highest BCUT2D eigenvalue weighted by Gasteiger charge is 2.31. The van der Waals surface area contributed by atoms with Gasteiger partial charge in [-0.2, -0.15) is 4.98 Å². The van der Waals surface area contributed by atoms with Crippen LogP contribution in [0, 0.1) is 0 Å². The Morgan fingerprint density at radius 1 is 1.02 bits per heavy atom. The van der Waals surface area contributed by atoms with Gasteiger partial charge in [0.05, 0.1) is 11.2 Å². The van der Waals surface area contributed by atoms with Crippen molar-refractivity contribution in [3.8, 4) is 5.69 Å². The van der Waals surface area contributed by atoms with E-state index in [1.54, 1.807) is 35.9 Å². The van der Waals surface area contributed by atoms with Gasteiger partial charge in [-0.3, -0.25) is 14.7 Å². The van der Waals surface area contributed by atoms with Crippen molar-refractivity contribution in [2.45, 2.75) is 57.5 Å². The zero-order valence-electron chi connectivity index (χ0n) is 23.7. The number of likely N-dealkylation sites (tertiary alicyclic amines) is 1. The predicted octanol–water partition coefficient (Wildman–Crippen LogP) is 1.98. The van der Waals surface area contributed by atoms with Crippen molar-refractivity contribution in [1.82, 2.24) is 24.3 Å². The molecule has 3 heterocycles. The van der Waals surface area contributed by atoms with Crippen molar-refractivity contribution in [1.29, 1.82) is 0 Å². The number of rotatable bonds is 6. The summed E-state index contributed by atoms with van der Waals surface area (Å²) in [5, 5.41) is 2.70. The lowest BCUT2D eigenvalue weighted by atomic mass is 10.00. The summed E-state index contributed by atoms with van der Waals surface area (Å²) in [4.78, 5) is 47.7. The van der Waals surface area contributed by atoms with Gasteiger partial charge in [0.25, 0.3) is 0 Å². The van der Waals surface area contributed by atoms with E-state index in [-0.39, 0.29) is 30.2 Å². The van der Waals surface area contributed by atoms with Crippen LogP contribution in [0.3, 0.4) is 0 Å². The maximum atomic E-state index is 12.8. The van der Waals surface area contributed by atoms with Crippen molar-refractivity contribution in [2.24, 2.45) is 11.5 Å². The van der Waals surface area contributed by atoms with Gasteiger partial charge in [0.1, 0.15) is 5.82 Å². The largest absolute Gasteiger partial charge is 0.354 e. The van der Waals surface area contributed by atoms with Crippen molar-refractivity contribution in [3.05, 3.63) is 52.6 Å². The maximum Gasteiger partial charge on any atom is 0.354 e. The number of piperazine rings is 1. The van der Waals surface area contributed by atoms with Gasteiger partial charge in [0.2, 0.25) is 5.91 Å². The van der Waals surface area contributed by atoms with Gasteiger partial charge in [0.15, 0.2) is 0 Å². The van der Waals surface area contributed by atoms with Crippen LogP contribution in [0.25, 0.3) is 5.69 Å². The Bertz CT molecular complexity index is 1210. The molecule has 5 N–H and O–H groups in total. The minimum atomic E-state index is -0.946. The highest BCUT2D eigenvalue weighted by Crippen LogP contribution is 2.20. The summed E-state index contributed by atoms with van der Waals surface area (Å²) in [5.74, 6) is 0.408. The zero-order valence-corrected chi connectivity index (χ0v) is 24.5. The molecule has 3 amide bonds. The molecule has 2 aliphatic rings. The van der Waals surface area contributed by atoms with E-state index >= 15 is 0 Å². The highest BCUT2D eigenvalue weighted by molar-refractivity contribution is 5.89. The summed E-state index contributed by atoms with van der Waals surface area (Å²) in [6, 6.07) is 9.53. The molecule has 4 rings (SSSR count). The number of carbonyl (C=O) groups excluding carboxylic acids is 2. The van der Waals surface area contributed by atoms with Gasteiger partial charge in [-0.1, -0.05) is 19.1 Å². The van der Waals surface area contributed by atoms with Crippen LogP contribution in [0.2, 0.25) is 0 Å². The number of hydrogen-bond donors (Lipinski definition) is 3. The molecule has 2 aromatic rings. The minimum absolute atomic E-state index is 0. The van der Waals surface area contributed by atoms with E-state index in [4.69, 9.17) is 11.5 Å². The fraction of sp³-hybridized carbons (Fsp3) is 0.571. The summed E-state index contributed by atoms with van der Waals surface area (Å²) in [7, 11) is 0. The average molecular weight is 575 g/mol. The van der Waals surface area contributed by atoms with E-state index in [0.717, 1.165) is 38.9 Å². The fourth-order valence-electron chi connectivity index (χ4n) is 5.20.